The second kappa shape index (κ2) is 4.82. The summed E-state index contributed by atoms with van der Waals surface area (Å²) in [5.74, 6) is 0. The van der Waals surface area contributed by atoms with Crippen LogP contribution in [0.3, 0.4) is 0 Å². The van der Waals surface area contributed by atoms with Crippen LogP contribution in [0.5, 0.6) is 0 Å². The second-order valence-electron chi connectivity index (χ2n) is 3.97. The van der Waals surface area contributed by atoms with E-state index in [0.29, 0.717) is 0 Å². The highest BCUT2D eigenvalue weighted by Gasteiger charge is 3.00. The van der Waals surface area contributed by atoms with Crippen molar-refractivity contribution in [3.8, 4) is 0 Å². The first-order valence-electron chi connectivity index (χ1n) is 4.64. The summed E-state index contributed by atoms with van der Waals surface area (Å²) >= 11 is 4.27. The molecule has 1 rings (SSSR count). The zero-order chi connectivity index (χ0) is 18.9. The molecule has 3 nitrogen and oxygen atoms in total. The predicted octanol–water partition coefficient (Wildman–Crippen LogP) is 5.11. The molecule has 0 aromatic heterocycles. The Morgan fingerprint density at radius 3 is 0.913 bits per heavy atom. The van der Waals surface area contributed by atoms with Crippen molar-refractivity contribution in [2.75, 3.05) is 0 Å². The summed E-state index contributed by atoms with van der Waals surface area (Å²) in [5, 5.41) is 0. The summed E-state index contributed by atoms with van der Waals surface area (Å²) in [4.78, 5) is 0. The highest BCUT2D eigenvalue weighted by atomic mass is 35.7. The van der Waals surface area contributed by atoms with Crippen LogP contribution >= 0.6 is 18.2 Å². The molecule has 0 saturated carbocycles. The van der Waals surface area contributed by atoms with Gasteiger partial charge in [-0.05, 0) is 0 Å². The van der Waals surface area contributed by atoms with Gasteiger partial charge in [0, 0.05) is 11.2 Å². The Bertz CT molecular complexity index is 457. The lowest BCUT2D eigenvalue weighted by Gasteiger charge is -2.44. The molecule has 23 heavy (non-hydrogen) atoms. The van der Waals surface area contributed by atoms with E-state index in [4.69, 9.17) is 0 Å². The van der Waals surface area contributed by atoms with Gasteiger partial charge in [-0.15, -0.1) is 0 Å². The molecule has 0 aliphatic carbocycles. The minimum Gasteiger partial charge on any atom is -0.267 e. The van der Waals surface area contributed by atoms with Gasteiger partial charge >= 0.3 is 42.9 Å². The molecule has 0 atom stereocenters. The molecular formula is C6ClF12O3P. The van der Waals surface area contributed by atoms with Crippen molar-refractivity contribution < 1.29 is 66.3 Å². The Morgan fingerprint density at radius 2 is 0.783 bits per heavy atom. The molecule has 1 saturated heterocycles. The standard InChI is InChI=1S/C6ClF12O3P/c7-23(20)21-1(3(8,9)10,4(11,12)13)2(22-23,5(14,15)16)6(17,18)19. The second-order valence-corrected chi connectivity index (χ2v) is 6.44. The Kier molecular flexibility index (Phi) is 4.33. The average molecular weight is 414 g/mol. The van der Waals surface area contributed by atoms with Crippen LogP contribution < -0.4 is 0 Å². The molecule has 1 heterocycles. The van der Waals surface area contributed by atoms with Crippen molar-refractivity contribution in [2.45, 2.75) is 35.9 Å². The van der Waals surface area contributed by atoms with E-state index in [2.05, 4.69) is 20.3 Å². The molecule has 1 aliphatic heterocycles. The number of hydrogen-bond acceptors (Lipinski definition) is 3. The van der Waals surface area contributed by atoms with Gasteiger partial charge in [0.2, 0.25) is 0 Å². The fourth-order valence-corrected chi connectivity index (χ4v) is 3.78. The van der Waals surface area contributed by atoms with Crippen LogP contribution in [-0.2, 0) is 13.6 Å². The summed E-state index contributed by atoms with van der Waals surface area (Å²) in [5.41, 5.74) is -14.2. The molecule has 0 bridgehead atoms. The third-order valence-corrected chi connectivity index (χ3v) is 3.98. The quantitative estimate of drug-likeness (QED) is 0.408. The molecule has 1 fully saturated rings. The fourth-order valence-electron chi connectivity index (χ4n) is 1.80. The van der Waals surface area contributed by atoms with E-state index in [1.807, 2.05) is 0 Å². The molecule has 0 radical (unpaired) electrons. The topological polar surface area (TPSA) is 35.5 Å². The molecule has 1 aliphatic rings. The first kappa shape index (κ1) is 20.6. The third kappa shape index (κ3) is 2.59. The molecule has 0 aromatic carbocycles. The number of halogens is 13. The summed E-state index contributed by atoms with van der Waals surface area (Å²) in [6.07, 6.45) is -29.6. The third-order valence-electron chi connectivity index (χ3n) is 2.58. The Hall–Kier alpha value is -0.400. The average Bonchev–Trinajstić information content (AvgIpc) is 2.44. The van der Waals surface area contributed by atoms with Crippen molar-refractivity contribution in [1.29, 1.82) is 0 Å². The van der Waals surface area contributed by atoms with E-state index >= 15 is 0 Å². The number of rotatable bonds is 0. The lowest BCUT2D eigenvalue weighted by molar-refractivity contribution is -0.464. The molecule has 0 unspecified atom stereocenters. The molecule has 17 heteroatoms. The normalized spacial score (nSPS) is 24.7. The number of alkyl halides is 12. The maximum absolute atomic E-state index is 12.7. The lowest BCUT2D eigenvalue weighted by atomic mass is 9.79. The monoisotopic (exact) mass is 414 g/mol. The fraction of sp³-hybridized carbons (Fsp3) is 1.00. The molecule has 0 aromatic rings. The van der Waals surface area contributed by atoms with Crippen molar-refractivity contribution >= 4 is 18.2 Å². The van der Waals surface area contributed by atoms with Crippen LogP contribution in [0.2, 0.25) is 0 Å². The highest BCUT2D eigenvalue weighted by molar-refractivity contribution is 7.81. The van der Waals surface area contributed by atoms with Gasteiger partial charge in [0.1, 0.15) is 0 Å². The minimum atomic E-state index is -7.41. The zero-order valence-corrected chi connectivity index (χ0v) is 11.2. The minimum absolute atomic E-state index is 2.54. The number of hydrogen-bond donors (Lipinski definition) is 0. The van der Waals surface area contributed by atoms with Crippen molar-refractivity contribution in [3.05, 3.63) is 0 Å². The van der Waals surface area contributed by atoms with Gasteiger partial charge in [0.15, 0.2) is 0 Å². The Balaban J connectivity index is 4.09. The van der Waals surface area contributed by atoms with E-state index in [-0.39, 0.29) is 0 Å². The van der Waals surface area contributed by atoms with Crippen molar-refractivity contribution in [1.82, 2.24) is 0 Å². The van der Waals surface area contributed by atoms with E-state index in [0.717, 1.165) is 0 Å². The van der Waals surface area contributed by atoms with Gasteiger partial charge in [-0.1, -0.05) is 0 Å². The maximum Gasteiger partial charge on any atom is 0.430 e. The van der Waals surface area contributed by atoms with Crippen LogP contribution in [0.4, 0.5) is 52.7 Å². The van der Waals surface area contributed by atoms with Gasteiger partial charge in [-0.3, -0.25) is 9.05 Å². The smallest absolute Gasteiger partial charge is 0.267 e. The van der Waals surface area contributed by atoms with Crippen LogP contribution in [0.25, 0.3) is 0 Å². The van der Waals surface area contributed by atoms with Crippen LogP contribution in [-0.4, -0.2) is 35.9 Å². The zero-order valence-electron chi connectivity index (χ0n) is 9.59. The Morgan fingerprint density at radius 1 is 0.609 bits per heavy atom. The van der Waals surface area contributed by atoms with E-state index < -0.39 is 42.9 Å². The van der Waals surface area contributed by atoms with Gasteiger partial charge in [0.05, 0.1) is 0 Å². The van der Waals surface area contributed by atoms with Gasteiger partial charge in [-0.25, -0.2) is 4.57 Å². The van der Waals surface area contributed by atoms with Crippen LogP contribution in [0.15, 0.2) is 0 Å². The maximum atomic E-state index is 12.7. The predicted molar refractivity (Wildman–Crippen MR) is 45.3 cm³/mol. The molecule has 0 amide bonds. The highest BCUT2D eigenvalue weighted by Crippen LogP contribution is 2.78. The lowest BCUT2D eigenvalue weighted by Crippen LogP contribution is -2.79. The SMILES string of the molecule is O=P1(Cl)OC(C(F)(F)F)(C(F)(F)F)C(C(F)(F)F)(C(F)(F)F)O1. The van der Waals surface area contributed by atoms with Crippen molar-refractivity contribution in [2.24, 2.45) is 0 Å². The van der Waals surface area contributed by atoms with Gasteiger partial charge < -0.3 is 0 Å². The molecular weight excluding hydrogens is 414 g/mol. The molecule has 0 N–H and O–H groups in total. The summed E-state index contributed by atoms with van der Waals surface area (Å²) < 4.78 is 169. The van der Waals surface area contributed by atoms with Gasteiger partial charge in [0.25, 0.3) is 0 Å². The largest absolute Gasteiger partial charge is 0.430 e. The van der Waals surface area contributed by atoms with Crippen LogP contribution in [0, 0.1) is 0 Å². The van der Waals surface area contributed by atoms with Gasteiger partial charge in [-0.2, -0.15) is 52.7 Å². The molecule has 0 spiro atoms. The first-order chi connectivity index (χ1) is 9.66. The van der Waals surface area contributed by atoms with E-state index in [1.165, 1.54) is 0 Å². The summed E-state index contributed by atoms with van der Waals surface area (Å²) in [6.45, 7) is -6.58. The summed E-state index contributed by atoms with van der Waals surface area (Å²) in [7, 11) is 0. The van der Waals surface area contributed by atoms with Crippen LogP contribution in [0.1, 0.15) is 0 Å². The molecule has 138 valence electrons. The Labute approximate surface area is 121 Å². The van der Waals surface area contributed by atoms with E-state index in [1.54, 1.807) is 0 Å². The summed E-state index contributed by atoms with van der Waals surface area (Å²) in [6, 6.07) is 0. The van der Waals surface area contributed by atoms with E-state index in [9.17, 15) is 57.3 Å². The first-order valence-corrected chi connectivity index (χ1v) is 7.09. The van der Waals surface area contributed by atoms with Crippen molar-refractivity contribution in [3.63, 3.8) is 0 Å².